The van der Waals surface area contributed by atoms with Crippen LogP contribution in [0.4, 0.5) is 18.9 Å². The molecule has 0 saturated carbocycles. The standard InChI is InChI=1S/C17H14F3N3O3S/c18-17(19,20)25-12-8-6-11(7-9-12)21-14(24)4-1-5-15-22-16(23-26-15)13-3-2-10-27-13/h2-3,6-10H,1,4-5H2,(H,21,24). The molecule has 142 valence electrons. The lowest BCUT2D eigenvalue weighted by Crippen LogP contribution is -2.17. The zero-order valence-corrected chi connectivity index (χ0v) is 14.6. The number of ether oxygens (including phenoxy) is 1. The van der Waals surface area contributed by atoms with Crippen LogP contribution >= 0.6 is 11.3 Å². The van der Waals surface area contributed by atoms with Gasteiger partial charge < -0.3 is 14.6 Å². The zero-order valence-electron chi connectivity index (χ0n) is 13.8. The Kier molecular flexibility index (Phi) is 5.75. The van der Waals surface area contributed by atoms with E-state index in [9.17, 15) is 18.0 Å². The van der Waals surface area contributed by atoms with Gasteiger partial charge in [0.25, 0.3) is 0 Å². The van der Waals surface area contributed by atoms with Gasteiger partial charge in [-0.25, -0.2) is 0 Å². The van der Waals surface area contributed by atoms with Gasteiger partial charge in [-0.3, -0.25) is 4.79 Å². The number of thiophene rings is 1. The Morgan fingerprint density at radius 2 is 2.00 bits per heavy atom. The molecule has 0 spiro atoms. The molecule has 0 radical (unpaired) electrons. The van der Waals surface area contributed by atoms with Crippen LogP contribution in [0, 0.1) is 0 Å². The van der Waals surface area contributed by atoms with Crippen molar-refractivity contribution in [3.05, 3.63) is 47.7 Å². The molecule has 1 aromatic carbocycles. The normalized spacial score (nSPS) is 11.4. The minimum atomic E-state index is -4.75. The number of alkyl halides is 3. The lowest BCUT2D eigenvalue weighted by atomic mass is 10.2. The molecule has 1 N–H and O–H groups in total. The molecule has 0 atom stereocenters. The van der Waals surface area contributed by atoms with Crippen LogP contribution in [0.3, 0.4) is 0 Å². The van der Waals surface area contributed by atoms with E-state index in [1.807, 2.05) is 17.5 Å². The highest BCUT2D eigenvalue weighted by molar-refractivity contribution is 7.13. The van der Waals surface area contributed by atoms with Crippen molar-refractivity contribution in [1.29, 1.82) is 0 Å². The Hall–Kier alpha value is -2.88. The number of carbonyl (C=O) groups excluding carboxylic acids is 1. The highest BCUT2D eigenvalue weighted by Gasteiger charge is 2.30. The Bertz CT molecular complexity index is 877. The molecule has 27 heavy (non-hydrogen) atoms. The van der Waals surface area contributed by atoms with Gasteiger partial charge in [-0.1, -0.05) is 11.2 Å². The first-order valence-electron chi connectivity index (χ1n) is 7.91. The Morgan fingerprint density at radius 3 is 2.67 bits per heavy atom. The predicted molar refractivity (Wildman–Crippen MR) is 92.3 cm³/mol. The molecule has 0 fully saturated rings. The summed E-state index contributed by atoms with van der Waals surface area (Å²) in [6.45, 7) is 0. The number of nitrogens with one attached hydrogen (secondary N) is 1. The van der Waals surface area contributed by atoms with E-state index in [1.165, 1.54) is 23.5 Å². The number of hydrogen-bond donors (Lipinski definition) is 1. The minimum absolute atomic E-state index is 0.206. The van der Waals surface area contributed by atoms with Gasteiger partial charge in [-0.2, -0.15) is 4.98 Å². The number of aromatic nitrogens is 2. The highest BCUT2D eigenvalue weighted by Crippen LogP contribution is 2.24. The summed E-state index contributed by atoms with van der Waals surface area (Å²) in [6.07, 6.45) is -3.60. The molecule has 0 unspecified atom stereocenters. The molecular weight excluding hydrogens is 383 g/mol. The van der Waals surface area contributed by atoms with E-state index in [0.29, 0.717) is 30.2 Å². The van der Waals surface area contributed by atoms with Crippen molar-refractivity contribution in [3.63, 3.8) is 0 Å². The summed E-state index contributed by atoms with van der Waals surface area (Å²) in [5, 5.41) is 8.41. The van der Waals surface area contributed by atoms with Crippen LogP contribution in [-0.4, -0.2) is 22.4 Å². The van der Waals surface area contributed by atoms with E-state index < -0.39 is 6.36 Å². The number of rotatable bonds is 7. The Balaban J connectivity index is 1.43. The first-order valence-corrected chi connectivity index (χ1v) is 8.79. The molecule has 3 aromatic rings. The van der Waals surface area contributed by atoms with Crippen LogP contribution in [0.25, 0.3) is 10.7 Å². The monoisotopic (exact) mass is 397 g/mol. The summed E-state index contributed by atoms with van der Waals surface area (Å²) in [6, 6.07) is 8.72. The molecule has 1 amide bonds. The van der Waals surface area contributed by atoms with Crippen molar-refractivity contribution in [2.45, 2.75) is 25.6 Å². The lowest BCUT2D eigenvalue weighted by molar-refractivity contribution is -0.274. The third kappa shape index (κ3) is 5.81. The van der Waals surface area contributed by atoms with Crippen molar-refractivity contribution in [3.8, 4) is 16.5 Å². The van der Waals surface area contributed by atoms with Gasteiger partial charge in [0.05, 0.1) is 4.88 Å². The molecule has 0 aliphatic rings. The number of hydrogen-bond acceptors (Lipinski definition) is 6. The Morgan fingerprint density at radius 1 is 1.22 bits per heavy atom. The van der Waals surface area contributed by atoms with E-state index in [1.54, 1.807) is 0 Å². The van der Waals surface area contributed by atoms with Crippen LogP contribution in [0.2, 0.25) is 0 Å². The van der Waals surface area contributed by atoms with E-state index >= 15 is 0 Å². The maximum atomic E-state index is 12.1. The average molecular weight is 397 g/mol. The average Bonchev–Trinajstić information content (AvgIpc) is 3.26. The van der Waals surface area contributed by atoms with Gasteiger partial charge in [0.2, 0.25) is 17.6 Å². The fourth-order valence-electron chi connectivity index (χ4n) is 2.23. The third-order valence-electron chi connectivity index (χ3n) is 3.38. The first-order chi connectivity index (χ1) is 12.9. The second-order valence-electron chi connectivity index (χ2n) is 5.46. The van der Waals surface area contributed by atoms with Crippen LogP contribution in [-0.2, 0) is 11.2 Å². The lowest BCUT2D eigenvalue weighted by Gasteiger charge is -2.09. The summed E-state index contributed by atoms with van der Waals surface area (Å²) in [5.41, 5.74) is 0.382. The second-order valence-corrected chi connectivity index (χ2v) is 6.41. The van der Waals surface area contributed by atoms with Crippen molar-refractivity contribution >= 4 is 22.9 Å². The number of carbonyl (C=O) groups is 1. The van der Waals surface area contributed by atoms with Gasteiger partial charge in [0.1, 0.15) is 5.75 Å². The zero-order chi connectivity index (χ0) is 19.3. The predicted octanol–water partition coefficient (Wildman–Crippen LogP) is 4.66. The number of halogens is 3. The molecule has 0 saturated heterocycles. The van der Waals surface area contributed by atoms with Gasteiger partial charge in [-0.05, 0) is 42.1 Å². The second kappa shape index (κ2) is 8.21. The molecule has 3 rings (SSSR count). The first kappa shape index (κ1) is 18.9. The summed E-state index contributed by atoms with van der Waals surface area (Å²) in [4.78, 5) is 17.1. The summed E-state index contributed by atoms with van der Waals surface area (Å²) in [5.74, 6) is 0.349. The van der Waals surface area contributed by atoms with Gasteiger partial charge >= 0.3 is 6.36 Å². The smallest absolute Gasteiger partial charge is 0.406 e. The van der Waals surface area contributed by atoms with Gasteiger partial charge in [0.15, 0.2) is 0 Å². The Labute approximate surface area is 156 Å². The largest absolute Gasteiger partial charge is 0.573 e. The molecule has 0 bridgehead atoms. The molecule has 0 aliphatic carbocycles. The molecule has 0 aliphatic heterocycles. The fourth-order valence-corrected chi connectivity index (χ4v) is 2.88. The molecule has 2 heterocycles. The van der Waals surface area contributed by atoms with E-state index in [-0.39, 0.29) is 18.1 Å². The molecule has 6 nitrogen and oxygen atoms in total. The van der Waals surface area contributed by atoms with Gasteiger partial charge in [0, 0.05) is 18.5 Å². The van der Waals surface area contributed by atoms with Crippen molar-refractivity contribution < 1.29 is 27.2 Å². The molecule has 10 heteroatoms. The van der Waals surface area contributed by atoms with E-state index in [4.69, 9.17) is 4.52 Å². The van der Waals surface area contributed by atoms with Crippen LogP contribution < -0.4 is 10.1 Å². The SMILES string of the molecule is O=C(CCCc1nc(-c2cccs2)no1)Nc1ccc(OC(F)(F)F)cc1. The number of anilines is 1. The van der Waals surface area contributed by atoms with E-state index in [0.717, 1.165) is 17.0 Å². The quantitative estimate of drug-likeness (QED) is 0.628. The minimum Gasteiger partial charge on any atom is -0.406 e. The topological polar surface area (TPSA) is 77.2 Å². The van der Waals surface area contributed by atoms with Crippen molar-refractivity contribution in [2.24, 2.45) is 0 Å². The highest BCUT2D eigenvalue weighted by atomic mass is 32.1. The van der Waals surface area contributed by atoms with Crippen LogP contribution in [0.15, 0.2) is 46.3 Å². The number of nitrogens with zero attached hydrogens (tertiary/aromatic N) is 2. The van der Waals surface area contributed by atoms with Crippen molar-refractivity contribution in [2.75, 3.05) is 5.32 Å². The van der Waals surface area contributed by atoms with Gasteiger partial charge in [-0.15, -0.1) is 24.5 Å². The number of benzene rings is 1. The van der Waals surface area contributed by atoms with Crippen LogP contribution in [0.1, 0.15) is 18.7 Å². The number of aryl methyl sites for hydroxylation is 1. The summed E-state index contributed by atoms with van der Waals surface area (Å²) < 4.78 is 45.2. The maximum Gasteiger partial charge on any atom is 0.573 e. The maximum absolute atomic E-state index is 12.1. The molecule has 2 aromatic heterocycles. The van der Waals surface area contributed by atoms with E-state index in [2.05, 4.69) is 20.2 Å². The van der Waals surface area contributed by atoms with Crippen LogP contribution in [0.5, 0.6) is 5.75 Å². The van der Waals surface area contributed by atoms with Crippen molar-refractivity contribution in [1.82, 2.24) is 10.1 Å². The molecular formula is C17H14F3N3O3S. The fraction of sp³-hybridized carbons (Fsp3) is 0.235. The third-order valence-corrected chi connectivity index (χ3v) is 4.24. The summed E-state index contributed by atoms with van der Waals surface area (Å²) >= 11 is 1.50. The number of amides is 1. The summed E-state index contributed by atoms with van der Waals surface area (Å²) in [7, 11) is 0.